The van der Waals surface area contributed by atoms with Crippen molar-refractivity contribution in [1.29, 1.82) is 0 Å². The predicted octanol–water partition coefficient (Wildman–Crippen LogP) is 3.96. The number of Topliss-reactive ketones (excluding diaryl/α,β-unsaturated/α-hetero) is 1. The summed E-state index contributed by atoms with van der Waals surface area (Å²) in [6.07, 6.45) is 0. The largest absolute Gasteiger partial charge is 0.377 e. The van der Waals surface area contributed by atoms with Crippen LogP contribution >= 0.6 is 15.9 Å². The van der Waals surface area contributed by atoms with E-state index in [1.165, 1.54) is 6.07 Å². The Bertz CT molecular complexity index is 684. The SMILES string of the molecule is Cc1ccc(NCC(=O)c2ccc(Br)cc2)cc1[N+](=O)[O-]. The van der Waals surface area contributed by atoms with Crippen LogP contribution in [0.5, 0.6) is 0 Å². The number of nitrogens with one attached hydrogen (secondary N) is 1. The van der Waals surface area contributed by atoms with Gasteiger partial charge in [-0.1, -0.05) is 34.1 Å². The summed E-state index contributed by atoms with van der Waals surface area (Å²) in [6.45, 7) is 1.76. The van der Waals surface area contributed by atoms with E-state index in [0.717, 1.165) is 4.47 Å². The zero-order valence-corrected chi connectivity index (χ0v) is 12.9. The molecule has 0 aliphatic carbocycles. The van der Waals surface area contributed by atoms with E-state index in [-0.39, 0.29) is 18.0 Å². The van der Waals surface area contributed by atoms with Gasteiger partial charge in [0.1, 0.15) is 0 Å². The summed E-state index contributed by atoms with van der Waals surface area (Å²) in [7, 11) is 0. The standard InChI is InChI=1S/C15H13BrN2O3/c1-10-2-7-13(8-14(10)18(20)21)17-9-15(19)11-3-5-12(16)6-4-11/h2-8,17H,9H2,1H3. The van der Waals surface area contributed by atoms with Crippen molar-refractivity contribution in [3.8, 4) is 0 Å². The molecule has 0 amide bonds. The normalized spacial score (nSPS) is 10.2. The van der Waals surface area contributed by atoms with Gasteiger partial charge in [-0.25, -0.2) is 0 Å². The molecule has 0 radical (unpaired) electrons. The molecule has 2 aromatic rings. The number of benzene rings is 2. The quantitative estimate of drug-likeness (QED) is 0.504. The molecule has 0 atom stereocenters. The minimum atomic E-state index is -0.433. The first-order chi connectivity index (χ1) is 9.97. The summed E-state index contributed by atoms with van der Waals surface area (Å²) >= 11 is 3.31. The zero-order valence-electron chi connectivity index (χ0n) is 11.3. The van der Waals surface area contributed by atoms with Crippen molar-refractivity contribution in [3.63, 3.8) is 0 Å². The van der Waals surface area contributed by atoms with E-state index >= 15 is 0 Å². The molecule has 0 bridgehead atoms. The Labute approximate surface area is 130 Å². The van der Waals surface area contributed by atoms with Crippen LogP contribution in [0.2, 0.25) is 0 Å². The van der Waals surface area contributed by atoms with Crippen molar-refractivity contribution >= 4 is 33.1 Å². The molecular formula is C15H13BrN2O3. The Morgan fingerprint density at radius 2 is 1.90 bits per heavy atom. The van der Waals surface area contributed by atoms with Crippen LogP contribution in [0.4, 0.5) is 11.4 Å². The highest BCUT2D eigenvalue weighted by molar-refractivity contribution is 9.10. The number of hydrogen-bond donors (Lipinski definition) is 1. The van der Waals surface area contributed by atoms with Gasteiger partial charge >= 0.3 is 0 Å². The van der Waals surface area contributed by atoms with Crippen LogP contribution in [0.3, 0.4) is 0 Å². The summed E-state index contributed by atoms with van der Waals surface area (Å²) in [4.78, 5) is 22.4. The Morgan fingerprint density at radius 3 is 2.52 bits per heavy atom. The second-order valence-electron chi connectivity index (χ2n) is 4.54. The van der Waals surface area contributed by atoms with Gasteiger partial charge < -0.3 is 5.32 Å². The molecule has 0 saturated carbocycles. The summed E-state index contributed by atoms with van der Waals surface area (Å²) in [5.41, 5.74) is 1.77. The number of nitro benzene ring substituents is 1. The summed E-state index contributed by atoms with van der Waals surface area (Å²) in [5.74, 6) is -0.0780. The Balaban J connectivity index is 2.06. The highest BCUT2D eigenvalue weighted by Crippen LogP contribution is 2.22. The molecule has 0 fully saturated rings. The number of nitrogens with zero attached hydrogens (tertiary/aromatic N) is 1. The van der Waals surface area contributed by atoms with Crippen LogP contribution in [0, 0.1) is 17.0 Å². The van der Waals surface area contributed by atoms with Gasteiger partial charge in [0.05, 0.1) is 11.5 Å². The molecule has 21 heavy (non-hydrogen) atoms. The third-order valence-electron chi connectivity index (χ3n) is 3.03. The smallest absolute Gasteiger partial charge is 0.274 e. The van der Waals surface area contributed by atoms with Crippen molar-refractivity contribution in [2.24, 2.45) is 0 Å². The second-order valence-corrected chi connectivity index (χ2v) is 5.46. The van der Waals surface area contributed by atoms with E-state index in [1.54, 1.807) is 43.3 Å². The van der Waals surface area contributed by atoms with Crippen molar-refractivity contribution in [1.82, 2.24) is 0 Å². The third-order valence-corrected chi connectivity index (χ3v) is 3.55. The first-order valence-electron chi connectivity index (χ1n) is 6.25. The lowest BCUT2D eigenvalue weighted by Crippen LogP contribution is -2.14. The number of hydrogen-bond acceptors (Lipinski definition) is 4. The lowest BCUT2D eigenvalue weighted by atomic mass is 10.1. The number of nitro groups is 1. The number of carbonyl (C=O) groups is 1. The Hall–Kier alpha value is -2.21. The van der Waals surface area contributed by atoms with Gasteiger partial charge in [-0.3, -0.25) is 14.9 Å². The zero-order chi connectivity index (χ0) is 15.4. The van der Waals surface area contributed by atoms with Crippen LogP contribution in [-0.4, -0.2) is 17.3 Å². The molecule has 0 saturated heterocycles. The summed E-state index contributed by atoms with van der Waals surface area (Å²) in [5, 5.41) is 13.8. The highest BCUT2D eigenvalue weighted by Gasteiger charge is 2.12. The fourth-order valence-electron chi connectivity index (χ4n) is 1.84. The summed E-state index contributed by atoms with van der Waals surface area (Å²) in [6, 6.07) is 11.9. The number of ketones is 1. The molecule has 6 heteroatoms. The van der Waals surface area contributed by atoms with Gasteiger partial charge in [0.25, 0.3) is 5.69 Å². The minimum absolute atomic E-state index is 0.0380. The molecule has 0 spiro atoms. The first kappa shape index (κ1) is 15.2. The van der Waals surface area contributed by atoms with Crippen molar-refractivity contribution in [2.45, 2.75) is 6.92 Å². The van der Waals surface area contributed by atoms with E-state index in [1.807, 2.05) is 0 Å². The Morgan fingerprint density at radius 1 is 1.24 bits per heavy atom. The van der Waals surface area contributed by atoms with Crippen molar-refractivity contribution in [3.05, 3.63) is 68.2 Å². The monoisotopic (exact) mass is 348 g/mol. The Kier molecular flexibility index (Phi) is 4.70. The van der Waals surface area contributed by atoms with Gasteiger partial charge in [0.2, 0.25) is 0 Å². The molecule has 2 aromatic carbocycles. The van der Waals surface area contributed by atoms with E-state index < -0.39 is 4.92 Å². The number of aryl methyl sites for hydroxylation is 1. The summed E-state index contributed by atoms with van der Waals surface area (Å²) < 4.78 is 0.904. The van der Waals surface area contributed by atoms with Crippen LogP contribution in [0.25, 0.3) is 0 Å². The average molecular weight is 349 g/mol. The van der Waals surface area contributed by atoms with E-state index in [0.29, 0.717) is 16.8 Å². The number of anilines is 1. The van der Waals surface area contributed by atoms with Gasteiger partial charge in [-0.05, 0) is 25.1 Å². The van der Waals surface area contributed by atoms with Crippen LogP contribution in [0.15, 0.2) is 46.9 Å². The molecule has 0 heterocycles. The third kappa shape index (κ3) is 3.88. The predicted molar refractivity (Wildman–Crippen MR) is 84.8 cm³/mol. The number of halogens is 1. The van der Waals surface area contributed by atoms with Crippen LogP contribution in [0.1, 0.15) is 15.9 Å². The van der Waals surface area contributed by atoms with Gasteiger partial charge in [0.15, 0.2) is 5.78 Å². The maximum atomic E-state index is 12.0. The first-order valence-corrected chi connectivity index (χ1v) is 7.04. The molecule has 0 aliphatic rings. The molecule has 0 unspecified atom stereocenters. The van der Waals surface area contributed by atoms with Crippen molar-refractivity contribution in [2.75, 3.05) is 11.9 Å². The molecular weight excluding hydrogens is 336 g/mol. The van der Waals surface area contributed by atoms with Crippen LogP contribution in [-0.2, 0) is 0 Å². The molecule has 0 aromatic heterocycles. The molecule has 108 valence electrons. The molecule has 5 nitrogen and oxygen atoms in total. The van der Waals surface area contributed by atoms with Gasteiger partial charge in [0, 0.05) is 27.4 Å². The topological polar surface area (TPSA) is 72.2 Å². The van der Waals surface area contributed by atoms with Gasteiger partial charge in [-0.15, -0.1) is 0 Å². The average Bonchev–Trinajstić information content (AvgIpc) is 2.46. The van der Waals surface area contributed by atoms with Crippen molar-refractivity contribution < 1.29 is 9.72 Å². The lowest BCUT2D eigenvalue weighted by Gasteiger charge is -2.07. The lowest BCUT2D eigenvalue weighted by molar-refractivity contribution is -0.385. The van der Waals surface area contributed by atoms with E-state index in [9.17, 15) is 14.9 Å². The number of rotatable bonds is 5. The molecule has 1 N–H and O–H groups in total. The maximum absolute atomic E-state index is 12.0. The number of carbonyl (C=O) groups excluding carboxylic acids is 1. The molecule has 2 rings (SSSR count). The van der Waals surface area contributed by atoms with Gasteiger partial charge in [-0.2, -0.15) is 0 Å². The fraction of sp³-hybridized carbons (Fsp3) is 0.133. The van der Waals surface area contributed by atoms with E-state index in [4.69, 9.17) is 0 Å². The minimum Gasteiger partial charge on any atom is -0.377 e. The highest BCUT2D eigenvalue weighted by atomic mass is 79.9. The maximum Gasteiger partial charge on any atom is 0.274 e. The van der Waals surface area contributed by atoms with E-state index in [2.05, 4.69) is 21.2 Å². The van der Waals surface area contributed by atoms with Crippen LogP contribution < -0.4 is 5.32 Å². The second kappa shape index (κ2) is 6.49. The fourth-order valence-corrected chi connectivity index (χ4v) is 2.10. The molecule has 0 aliphatic heterocycles.